The highest BCUT2D eigenvalue weighted by molar-refractivity contribution is 5.93. The summed E-state index contributed by atoms with van der Waals surface area (Å²) in [6.07, 6.45) is -0.860. The third kappa shape index (κ3) is 5.06. The summed E-state index contributed by atoms with van der Waals surface area (Å²) in [7, 11) is 1.28. The molecule has 0 aliphatic heterocycles. The van der Waals surface area contributed by atoms with Gasteiger partial charge in [0.25, 0.3) is 0 Å². The monoisotopic (exact) mass is 308 g/mol. The van der Waals surface area contributed by atoms with Crippen LogP contribution in [0, 0.1) is 0 Å². The van der Waals surface area contributed by atoms with E-state index < -0.39 is 17.7 Å². The molecule has 0 radical (unpaired) electrons. The van der Waals surface area contributed by atoms with Crippen molar-refractivity contribution in [3.8, 4) is 5.75 Å². The van der Waals surface area contributed by atoms with Gasteiger partial charge in [0, 0.05) is 0 Å². The minimum Gasteiger partial charge on any atom is -0.465 e. The number of carbonyl (C=O) groups is 2. The number of ether oxygens (including phenoxy) is 3. The molecule has 0 spiro atoms. The van der Waals surface area contributed by atoms with E-state index in [1.165, 1.54) is 7.11 Å². The minimum atomic E-state index is -0.860. The van der Waals surface area contributed by atoms with Crippen LogP contribution in [0.15, 0.2) is 18.2 Å². The molecule has 0 heterocycles. The van der Waals surface area contributed by atoms with Crippen molar-refractivity contribution < 1.29 is 23.8 Å². The second-order valence-corrected chi connectivity index (χ2v) is 7.02. The zero-order chi connectivity index (χ0) is 17.1. The van der Waals surface area contributed by atoms with E-state index in [1.807, 2.05) is 26.8 Å². The number of hydrogen-bond acceptors (Lipinski definition) is 5. The molecule has 5 heteroatoms. The standard InChI is InChI=1S/C17H24O5/c1-16(2,3)11-8-9-13(12(10-11)14(18)20-7)21-15(19)22-17(4,5)6/h8-10H,1-7H3. The molecule has 0 amide bonds. The van der Waals surface area contributed by atoms with E-state index in [2.05, 4.69) is 0 Å². The quantitative estimate of drug-likeness (QED) is 0.608. The van der Waals surface area contributed by atoms with Gasteiger partial charge < -0.3 is 14.2 Å². The predicted octanol–water partition coefficient (Wildman–Crippen LogP) is 4.08. The van der Waals surface area contributed by atoms with Crippen molar-refractivity contribution >= 4 is 12.1 Å². The number of hydrogen-bond donors (Lipinski definition) is 0. The summed E-state index contributed by atoms with van der Waals surface area (Å²) in [5, 5.41) is 0. The van der Waals surface area contributed by atoms with Crippen molar-refractivity contribution in [2.24, 2.45) is 0 Å². The first-order valence-corrected chi connectivity index (χ1v) is 7.08. The molecule has 0 bridgehead atoms. The normalized spacial score (nSPS) is 11.8. The van der Waals surface area contributed by atoms with Gasteiger partial charge in [-0.2, -0.15) is 0 Å². The first-order valence-electron chi connectivity index (χ1n) is 7.08. The molecule has 0 atom stereocenters. The van der Waals surface area contributed by atoms with Crippen molar-refractivity contribution in [3.05, 3.63) is 29.3 Å². The van der Waals surface area contributed by atoms with E-state index in [4.69, 9.17) is 14.2 Å². The molecule has 0 aliphatic carbocycles. The van der Waals surface area contributed by atoms with E-state index in [-0.39, 0.29) is 16.7 Å². The van der Waals surface area contributed by atoms with Crippen LogP contribution in [0.1, 0.15) is 57.5 Å². The van der Waals surface area contributed by atoms with Gasteiger partial charge in [-0.25, -0.2) is 9.59 Å². The van der Waals surface area contributed by atoms with Crippen molar-refractivity contribution in [2.75, 3.05) is 7.11 Å². The Labute approximate surface area is 131 Å². The molecule has 0 aliphatic rings. The third-order valence-corrected chi connectivity index (χ3v) is 2.83. The van der Waals surface area contributed by atoms with Crippen LogP contribution in [-0.2, 0) is 14.9 Å². The van der Waals surface area contributed by atoms with Gasteiger partial charge in [0.05, 0.1) is 7.11 Å². The van der Waals surface area contributed by atoms with Gasteiger partial charge in [0.1, 0.15) is 16.9 Å². The molecular formula is C17H24O5. The van der Waals surface area contributed by atoms with E-state index in [0.717, 1.165) is 5.56 Å². The molecule has 0 saturated heterocycles. The maximum Gasteiger partial charge on any atom is 0.514 e. The fraction of sp³-hybridized carbons (Fsp3) is 0.529. The second kappa shape index (κ2) is 6.38. The average molecular weight is 308 g/mol. The minimum absolute atomic E-state index is 0.120. The Morgan fingerprint density at radius 3 is 2.05 bits per heavy atom. The second-order valence-electron chi connectivity index (χ2n) is 7.02. The van der Waals surface area contributed by atoms with Crippen LogP contribution in [0.3, 0.4) is 0 Å². The zero-order valence-corrected chi connectivity index (χ0v) is 14.3. The van der Waals surface area contributed by atoms with Gasteiger partial charge in [-0.15, -0.1) is 0 Å². The van der Waals surface area contributed by atoms with Gasteiger partial charge in [0.2, 0.25) is 0 Å². The molecule has 0 unspecified atom stereocenters. The summed E-state index contributed by atoms with van der Waals surface area (Å²) in [5.74, 6) is -0.446. The average Bonchev–Trinajstić information content (AvgIpc) is 2.34. The molecule has 0 N–H and O–H groups in total. The first kappa shape index (κ1) is 18.0. The summed E-state index contributed by atoms with van der Waals surface area (Å²) < 4.78 is 15.0. The Morgan fingerprint density at radius 2 is 1.59 bits per heavy atom. The molecule has 0 aromatic heterocycles. The smallest absolute Gasteiger partial charge is 0.465 e. The Morgan fingerprint density at radius 1 is 1.00 bits per heavy atom. The van der Waals surface area contributed by atoms with Crippen LogP contribution >= 0.6 is 0 Å². The van der Waals surface area contributed by atoms with Gasteiger partial charge in [-0.3, -0.25) is 0 Å². The van der Waals surface area contributed by atoms with Crippen LogP contribution in [0.25, 0.3) is 0 Å². The number of carbonyl (C=O) groups excluding carboxylic acids is 2. The van der Waals surface area contributed by atoms with Crippen molar-refractivity contribution in [2.45, 2.75) is 52.6 Å². The van der Waals surface area contributed by atoms with Gasteiger partial charge in [-0.05, 0) is 43.9 Å². The molecule has 5 nitrogen and oxygen atoms in total. The number of rotatable bonds is 2. The first-order chi connectivity index (χ1) is 9.94. The molecule has 122 valence electrons. The molecular weight excluding hydrogens is 284 g/mol. The van der Waals surface area contributed by atoms with E-state index in [1.54, 1.807) is 32.9 Å². The topological polar surface area (TPSA) is 61.8 Å². The zero-order valence-electron chi connectivity index (χ0n) is 14.3. The van der Waals surface area contributed by atoms with Crippen LogP contribution in [-0.4, -0.2) is 24.8 Å². The van der Waals surface area contributed by atoms with Crippen LogP contribution in [0.5, 0.6) is 5.75 Å². The van der Waals surface area contributed by atoms with Gasteiger partial charge in [-0.1, -0.05) is 26.8 Å². The summed E-state index contributed by atoms with van der Waals surface area (Å²) in [4.78, 5) is 23.7. The van der Waals surface area contributed by atoms with E-state index >= 15 is 0 Å². The largest absolute Gasteiger partial charge is 0.514 e. The molecule has 1 rings (SSSR count). The van der Waals surface area contributed by atoms with E-state index in [0.29, 0.717) is 0 Å². The summed E-state index contributed by atoms with van der Waals surface area (Å²) >= 11 is 0. The van der Waals surface area contributed by atoms with E-state index in [9.17, 15) is 9.59 Å². The lowest BCUT2D eigenvalue weighted by Gasteiger charge is -2.22. The predicted molar refractivity (Wildman–Crippen MR) is 83.3 cm³/mol. The lowest BCUT2D eigenvalue weighted by Crippen LogP contribution is -2.26. The van der Waals surface area contributed by atoms with Crippen LogP contribution in [0.2, 0.25) is 0 Å². The Hall–Kier alpha value is -2.04. The Balaban J connectivity index is 3.14. The highest BCUT2D eigenvalue weighted by atomic mass is 16.7. The third-order valence-electron chi connectivity index (χ3n) is 2.83. The SMILES string of the molecule is COC(=O)c1cc(C(C)(C)C)ccc1OC(=O)OC(C)(C)C. The summed E-state index contributed by atoms with van der Waals surface area (Å²) in [5.41, 5.74) is 0.311. The molecule has 1 aromatic rings. The lowest BCUT2D eigenvalue weighted by molar-refractivity contribution is 0.0203. The maximum absolute atomic E-state index is 11.9. The Kier molecular flexibility index (Phi) is 5.22. The lowest BCUT2D eigenvalue weighted by atomic mass is 9.86. The number of benzene rings is 1. The van der Waals surface area contributed by atoms with Crippen LogP contribution in [0.4, 0.5) is 4.79 Å². The number of esters is 1. The van der Waals surface area contributed by atoms with Crippen molar-refractivity contribution in [1.82, 2.24) is 0 Å². The highest BCUT2D eigenvalue weighted by Gasteiger charge is 2.23. The van der Waals surface area contributed by atoms with Crippen molar-refractivity contribution in [1.29, 1.82) is 0 Å². The van der Waals surface area contributed by atoms with Crippen LogP contribution < -0.4 is 4.74 Å². The fourth-order valence-corrected chi connectivity index (χ4v) is 1.72. The molecule has 1 aromatic carbocycles. The fourth-order valence-electron chi connectivity index (χ4n) is 1.72. The molecule has 22 heavy (non-hydrogen) atoms. The summed E-state index contributed by atoms with van der Waals surface area (Å²) in [6.45, 7) is 11.3. The Bertz CT molecular complexity index is 561. The molecule has 0 saturated carbocycles. The molecule has 0 fully saturated rings. The van der Waals surface area contributed by atoms with Gasteiger partial charge >= 0.3 is 12.1 Å². The highest BCUT2D eigenvalue weighted by Crippen LogP contribution is 2.29. The van der Waals surface area contributed by atoms with Gasteiger partial charge in [0.15, 0.2) is 0 Å². The summed E-state index contributed by atoms with van der Waals surface area (Å²) in [6, 6.07) is 5.06. The number of methoxy groups -OCH3 is 1. The van der Waals surface area contributed by atoms with Crippen molar-refractivity contribution in [3.63, 3.8) is 0 Å². The maximum atomic E-state index is 11.9.